The van der Waals surface area contributed by atoms with Gasteiger partial charge in [-0.15, -0.1) is 0 Å². The van der Waals surface area contributed by atoms with Crippen molar-refractivity contribution in [2.45, 2.75) is 19.4 Å². The van der Waals surface area contributed by atoms with Crippen LogP contribution in [0.2, 0.25) is 0 Å². The number of anilines is 1. The van der Waals surface area contributed by atoms with Gasteiger partial charge in [0.25, 0.3) is 0 Å². The van der Waals surface area contributed by atoms with Crippen molar-refractivity contribution in [3.8, 4) is 5.75 Å². The van der Waals surface area contributed by atoms with E-state index in [-0.39, 0.29) is 31.5 Å². The Hall–Kier alpha value is -3.23. The molecular formula is C26H29NO6S. The van der Waals surface area contributed by atoms with Crippen LogP contribution in [0.15, 0.2) is 66.7 Å². The summed E-state index contributed by atoms with van der Waals surface area (Å²) >= 11 is 3.91. The van der Waals surface area contributed by atoms with Crippen molar-refractivity contribution in [1.82, 2.24) is 0 Å². The number of hydrogen-bond donors (Lipinski definition) is 3. The van der Waals surface area contributed by atoms with Gasteiger partial charge in [0.15, 0.2) is 0 Å². The molecule has 0 aliphatic rings. The molecule has 0 saturated heterocycles. The predicted octanol–water partition coefficient (Wildman–Crippen LogP) is 5.00. The fourth-order valence-electron chi connectivity index (χ4n) is 3.60. The summed E-state index contributed by atoms with van der Waals surface area (Å²) in [5.41, 5.74) is 1.38. The first-order valence-electron chi connectivity index (χ1n) is 11.1. The minimum Gasteiger partial charge on any atom is -0.491 e. The Morgan fingerprint density at radius 3 is 2.59 bits per heavy atom. The summed E-state index contributed by atoms with van der Waals surface area (Å²) in [4.78, 5) is 24.4. The lowest BCUT2D eigenvalue weighted by atomic mass is 9.94. The second kappa shape index (κ2) is 12.9. The summed E-state index contributed by atoms with van der Waals surface area (Å²) in [6, 6.07) is 20.6. The molecule has 8 heteroatoms. The Balaban J connectivity index is 1.78. The molecule has 180 valence electrons. The molecule has 0 aromatic heterocycles. The van der Waals surface area contributed by atoms with Crippen molar-refractivity contribution in [2.75, 3.05) is 30.9 Å². The van der Waals surface area contributed by atoms with Gasteiger partial charge < -0.3 is 19.3 Å². The van der Waals surface area contributed by atoms with Gasteiger partial charge in [0.05, 0.1) is 24.7 Å². The number of benzene rings is 3. The summed E-state index contributed by atoms with van der Waals surface area (Å²) in [5.74, 6) is -0.00472. The number of carbonyl (C=O) groups excluding carboxylic acids is 2. The molecule has 0 fully saturated rings. The molecule has 2 N–H and O–H groups in total. The first-order chi connectivity index (χ1) is 16.5. The Morgan fingerprint density at radius 1 is 1.03 bits per heavy atom. The zero-order valence-corrected chi connectivity index (χ0v) is 19.9. The van der Waals surface area contributed by atoms with Crippen LogP contribution in [-0.2, 0) is 14.3 Å². The SMILES string of the molecule is C[C@@H](CCOC(=O)CS)[C@H](OC(=O)Nc1cccc2ccccc12)c1cccc(OCCO)c1. The number of aliphatic hydroxyl groups excluding tert-OH is 1. The van der Waals surface area contributed by atoms with E-state index < -0.39 is 18.2 Å². The maximum absolute atomic E-state index is 12.9. The van der Waals surface area contributed by atoms with E-state index in [1.165, 1.54) is 0 Å². The number of aliphatic hydroxyl groups is 1. The molecule has 0 saturated carbocycles. The van der Waals surface area contributed by atoms with E-state index in [1.54, 1.807) is 18.2 Å². The number of fused-ring (bicyclic) bond motifs is 1. The molecule has 0 bridgehead atoms. The third-order valence-electron chi connectivity index (χ3n) is 5.29. The predicted molar refractivity (Wildman–Crippen MR) is 134 cm³/mol. The van der Waals surface area contributed by atoms with Crippen LogP contribution in [0.25, 0.3) is 10.8 Å². The standard InChI is InChI=1S/C26H29NO6S/c1-18(12-14-32-24(29)17-34)25(20-8-4-9-21(16-20)31-15-13-28)33-26(30)27-23-11-5-7-19-6-2-3-10-22(19)23/h2-11,16,18,25,28,34H,12-15,17H2,1H3,(H,27,30)/t18-,25-/m0/s1. The first kappa shape index (κ1) is 25.4. The maximum atomic E-state index is 12.9. The topological polar surface area (TPSA) is 94.1 Å². The van der Waals surface area contributed by atoms with Gasteiger partial charge in [-0.1, -0.05) is 55.5 Å². The van der Waals surface area contributed by atoms with Crippen LogP contribution in [0.1, 0.15) is 25.0 Å². The highest BCUT2D eigenvalue weighted by Gasteiger charge is 2.25. The number of thiol groups is 1. The molecule has 3 aromatic carbocycles. The van der Waals surface area contributed by atoms with Crippen LogP contribution in [0.5, 0.6) is 5.75 Å². The average Bonchev–Trinajstić information content (AvgIpc) is 2.86. The number of ether oxygens (including phenoxy) is 3. The highest BCUT2D eigenvalue weighted by Crippen LogP contribution is 2.32. The molecule has 0 aliphatic heterocycles. The molecule has 0 unspecified atom stereocenters. The van der Waals surface area contributed by atoms with Gasteiger partial charge in [0.2, 0.25) is 0 Å². The Morgan fingerprint density at radius 2 is 1.79 bits per heavy atom. The normalized spacial score (nSPS) is 12.6. The molecule has 3 rings (SSSR count). The quantitative estimate of drug-likeness (QED) is 0.263. The molecule has 0 radical (unpaired) electrons. The highest BCUT2D eigenvalue weighted by atomic mass is 32.1. The van der Waals surface area contributed by atoms with Crippen molar-refractivity contribution >= 4 is 41.2 Å². The molecule has 1 amide bonds. The minimum atomic E-state index is -0.623. The Kier molecular flexibility index (Phi) is 9.61. The van der Waals surface area contributed by atoms with Gasteiger partial charge >= 0.3 is 12.1 Å². The summed E-state index contributed by atoms with van der Waals surface area (Å²) < 4.78 is 16.6. The van der Waals surface area contributed by atoms with Crippen molar-refractivity contribution in [3.63, 3.8) is 0 Å². The van der Waals surface area contributed by atoms with Crippen LogP contribution in [0.4, 0.5) is 10.5 Å². The molecule has 3 aromatic rings. The molecule has 7 nitrogen and oxygen atoms in total. The number of hydrogen-bond acceptors (Lipinski definition) is 7. The number of esters is 1. The van der Waals surface area contributed by atoms with Crippen LogP contribution < -0.4 is 10.1 Å². The zero-order valence-electron chi connectivity index (χ0n) is 19.0. The molecule has 34 heavy (non-hydrogen) atoms. The van der Waals surface area contributed by atoms with Gasteiger partial charge in [-0.25, -0.2) is 4.79 Å². The fourth-order valence-corrected chi connectivity index (χ4v) is 3.69. The van der Waals surface area contributed by atoms with E-state index in [0.717, 1.165) is 16.3 Å². The summed E-state index contributed by atoms with van der Waals surface area (Å²) in [5, 5.41) is 13.8. The van der Waals surface area contributed by atoms with E-state index in [9.17, 15) is 9.59 Å². The third kappa shape index (κ3) is 7.13. The van der Waals surface area contributed by atoms with Gasteiger partial charge in [0, 0.05) is 11.3 Å². The number of rotatable bonds is 11. The Bertz CT molecular complexity index is 1100. The van der Waals surface area contributed by atoms with E-state index in [4.69, 9.17) is 19.3 Å². The van der Waals surface area contributed by atoms with Crippen molar-refractivity contribution in [1.29, 1.82) is 0 Å². The van der Waals surface area contributed by atoms with E-state index in [0.29, 0.717) is 17.9 Å². The lowest BCUT2D eigenvalue weighted by molar-refractivity contribution is -0.141. The van der Waals surface area contributed by atoms with E-state index in [2.05, 4.69) is 17.9 Å². The number of amides is 1. The summed E-state index contributed by atoms with van der Waals surface area (Å²) in [6.45, 7) is 2.16. The maximum Gasteiger partial charge on any atom is 0.412 e. The average molecular weight is 484 g/mol. The fraction of sp³-hybridized carbons (Fsp3) is 0.308. The van der Waals surface area contributed by atoms with Crippen LogP contribution >= 0.6 is 12.6 Å². The van der Waals surface area contributed by atoms with Crippen molar-refractivity contribution in [2.24, 2.45) is 5.92 Å². The smallest absolute Gasteiger partial charge is 0.412 e. The van der Waals surface area contributed by atoms with E-state index >= 15 is 0 Å². The third-order valence-corrected chi connectivity index (χ3v) is 5.55. The summed E-state index contributed by atoms with van der Waals surface area (Å²) in [7, 11) is 0. The second-order valence-corrected chi connectivity index (χ2v) is 8.08. The van der Waals surface area contributed by atoms with Crippen LogP contribution in [0.3, 0.4) is 0 Å². The minimum absolute atomic E-state index is 0.00594. The van der Waals surface area contributed by atoms with Gasteiger partial charge in [-0.3, -0.25) is 10.1 Å². The van der Waals surface area contributed by atoms with Gasteiger partial charge in [0.1, 0.15) is 18.5 Å². The van der Waals surface area contributed by atoms with Crippen LogP contribution in [0, 0.1) is 5.92 Å². The molecule has 2 atom stereocenters. The molecular weight excluding hydrogens is 454 g/mol. The lowest BCUT2D eigenvalue weighted by Gasteiger charge is -2.25. The van der Waals surface area contributed by atoms with Gasteiger partial charge in [-0.05, 0) is 35.6 Å². The van der Waals surface area contributed by atoms with Crippen LogP contribution in [-0.4, -0.2) is 42.7 Å². The van der Waals surface area contributed by atoms with Gasteiger partial charge in [-0.2, -0.15) is 12.6 Å². The second-order valence-electron chi connectivity index (χ2n) is 7.77. The largest absolute Gasteiger partial charge is 0.491 e. The first-order valence-corrected chi connectivity index (χ1v) is 11.7. The van der Waals surface area contributed by atoms with E-state index in [1.807, 2.05) is 55.5 Å². The Labute approximate surface area is 204 Å². The highest BCUT2D eigenvalue weighted by molar-refractivity contribution is 7.81. The number of nitrogens with one attached hydrogen (secondary N) is 1. The van der Waals surface area contributed by atoms with Crippen molar-refractivity contribution in [3.05, 3.63) is 72.3 Å². The molecule has 0 spiro atoms. The summed E-state index contributed by atoms with van der Waals surface area (Å²) in [6.07, 6.45) is -0.738. The molecule has 0 aliphatic carbocycles. The molecule has 0 heterocycles. The van der Waals surface area contributed by atoms with Crippen molar-refractivity contribution < 1.29 is 28.9 Å². The lowest BCUT2D eigenvalue weighted by Crippen LogP contribution is -2.23. The monoisotopic (exact) mass is 483 g/mol. The number of carbonyl (C=O) groups is 2. The zero-order chi connectivity index (χ0) is 24.3.